The van der Waals surface area contributed by atoms with Crippen LogP contribution in [0.5, 0.6) is 11.5 Å². The molecule has 0 spiro atoms. The number of halogens is 2. The molecule has 0 aliphatic heterocycles. The second-order valence-corrected chi connectivity index (χ2v) is 8.98. The molecule has 2 aromatic carbocycles. The lowest BCUT2D eigenvalue weighted by molar-refractivity contribution is 0.484. The maximum absolute atomic E-state index is 12.5. The topological polar surface area (TPSA) is 110 Å². The molecule has 12 heteroatoms. The summed E-state index contributed by atoms with van der Waals surface area (Å²) in [6.07, 6.45) is 4.60. The zero-order valence-corrected chi connectivity index (χ0v) is 17.5. The third kappa shape index (κ3) is 4.35. The van der Waals surface area contributed by atoms with Crippen molar-refractivity contribution < 1.29 is 13.2 Å². The molecule has 29 heavy (non-hydrogen) atoms. The fourth-order valence-corrected chi connectivity index (χ4v) is 4.60. The van der Waals surface area contributed by atoms with Gasteiger partial charge < -0.3 is 4.74 Å². The first-order chi connectivity index (χ1) is 13.9. The van der Waals surface area contributed by atoms with Gasteiger partial charge in [-0.15, -0.1) is 0 Å². The number of hydrogen-bond donors (Lipinski definition) is 2. The van der Waals surface area contributed by atoms with E-state index in [1.165, 1.54) is 24.5 Å². The van der Waals surface area contributed by atoms with Crippen molar-refractivity contribution in [2.24, 2.45) is 0 Å². The van der Waals surface area contributed by atoms with Crippen molar-refractivity contribution >= 4 is 49.9 Å². The maximum Gasteiger partial charge on any atom is 0.263 e. The summed E-state index contributed by atoms with van der Waals surface area (Å²) in [6, 6.07) is 9.28. The van der Waals surface area contributed by atoms with E-state index in [4.69, 9.17) is 27.9 Å². The third-order valence-corrected chi connectivity index (χ3v) is 6.34. The Labute approximate surface area is 179 Å². The van der Waals surface area contributed by atoms with Crippen LogP contribution in [0.4, 0.5) is 5.13 Å². The van der Waals surface area contributed by atoms with Gasteiger partial charge in [-0.1, -0.05) is 23.2 Å². The van der Waals surface area contributed by atoms with Gasteiger partial charge in [0.25, 0.3) is 10.0 Å². The second-order valence-electron chi connectivity index (χ2n) is 5.67. The van der Waals surface area contributed by atoms with Gasteiger partial charge in [0.05, 0.1) is 16.1 Å². The molecular weight excluding hydrogens is 457 g/mol. The summed E-state index contributed by atoms with van der Waals surface area (Å²) in [5.41, 5.74) is 1.48. The molecule has 0 amide bonds. The Morgan fingerprint density at radius 1 is 1.10 bits per heavy atom. The van der Waals surface area contributed by atoms with Crippen LogP contribution in [0.3, 0.4) is 0 Å². The Kier molecular flexibility index (Phi) is 5.41. The van der Waals surface area contributed by atoms with Gasteiger partial charge in [0, 0.05) is 33.9 Å². The lowest BCUT2D eigenvalue weighted by Gasteiger charge is -2.13. The molecule has 0 saturated carbocycles. The molecule has 2 heterocycles. The highest BCUT2D eigenvalue weighted by molar-refractivity contribution is 7.93. The summed E-state index contributed by atoms with van der Waals surface area (Å²) in [7, 11) is -3.86. The number of nitrogens with one attached hydrogen (secondary N) is 2. The molecule has 0 fully saturated rings. The van der Waals surface area contributed by atoms with E-state index in [0.717, 1.165) is 17.1 Å². The smallest absolute Gasteiger partial charge is 0.263 e. The molecule has 0 aliphatic carbocycles. The number of aromatic amines is 1. The summed E-state index contributed by atoms with van der Waals surface area (Å²) < 4.78 is 37.0. The monoisotopic (exact) mass is 467 g/mol. The van der Waals surface area contributed by atoms with Gasteiger partial charge in [-0.3, -0.25) is 9.82 Å². The van der Waals surface area contributed by atoms with Crippen molar-refractivity contribution in [3.63, 3.8) is 0 Å². The van der Waals surface area contributed by atoms with E-state index in [9.17, 15) is 8.42 Å². The minimum Gasteiger partial charge on any atom is -0.455 e. The largest absolute Gasteiger partial charge is 0.455 e. The van der Waals surface area contributed by atoms with Crippen molar-refractivity contribution in [3.05, 3.63) is 65.2 Å². The van der Waals surface area contributed by atoms with E-state index < -0.39 is 10.0 Å². The molecule has 4 aromatic rings. The first kappa shape index (κ1) is 19.6. The molecule has 0 unspecified atom stereocenters. The number of benzene rings is 2. The highest BCUT2D eigenvalue weighted by atomic mass is 35.5. The molecule has 0 radical (unpaired) electrons. The fourth-order valence-electron chi connectivity index (χ4n) is 2.46. The van der Waals surface area contributed by atoms with Crippen molar-refractivity contribution in [2.45, 2.75) is 4.90 Å². The normalized spacial score (nSPS) is 11.4. The van der Waals surface area contributed by atoms with Gasteiger partial charge in [-0.2, -0.15) is 9.47 Å². The van der Waals surface area contributed by atoms with Crippen LogP contribution in [-0.2, 0) is 10.0 Å². The molecule has 148 valence electrons. The van der Waals surface area contributed by atoms with Crippen molar-refractivity contribution in [1.82, 2.24) is 19.6 Å². The summed E-state index contributed by atoms with van der Waals surface area (Å²) >= 11 is 13.3. The number of ether oxygens (including phenoxy) is 1. The summed E-state index contributed by atoms with van der Waals surface area (Å²) in [4.78, 5) is 3.77. The fraction of sp³-hybridized carbons (Fsp3) is 0. The van der Waals surface area contributed by atoms with E-state index in [-0.39, 0.29) is 20.8 Å². The molecule has 0 aliphatic rings. The van der Waals surface area contributed by atoms with Crippen LogP contribution in [0.2, 0.25) is 10.0 Å². The number of anilines is 1. The van der Waals surface area contributed by atoms with Crippen LogP contribution in [-0.4, -0.2) is 28.0 Å². The van der Waals surface area contributed by atoms with Gasteiger partial charge in [-0.25, -0.2) is 13.4 Å². The second kappa shape index (κ2) is 7.99. The van der Waals surface area contributed by atoms with E-state index in [2.05, 4.69) is 24.3 Å². The highest BCUT2D eigenvalue weighted by Crippen LogP contribution is 2.38. The number of nitrogens with zero attached hydrogens (tertiary/aromatic N) is 3. The lowest BCUT2D eigenvalue weighted by atomic mass is 10.1. The number of hydrogen-bond acceptors (Lipinski definition) is 7. The van der Waals surface area contributed by atoms with Crippen molar-refractivity contribution in [3.8, 4) is 22.6 Å². The van der Waals surface area contributed by atoms with Gasteiger partial charge in [0.15, 0.2) is 0 Å². The van der Waals surface area contributed by atoms with Crippen molar-refractivity contribution in [2.75, 3.05) is 4.72 Å². The Morgan fingerprint density at radius 3 is 2.62 bits per heavy atom. The summed E-state index contributed by atoms with van der Waals surface area (Å²) in [5.74, 6) is 0.772. The zero-order chi connectivity index (χ0) is 20.4. The van der Waals surface area contributed by atoms with Gasteiger partial charge in [0.1, 0.15) is 17.8 Å². The zero-order valence-electron chi connectivity index (χ0n) is 14.3. The van der Waals surface area contributed by atoms with Crippen LogP contribution < -0.4 is 9.46 Å². The quantitative estimate of drug-likeness (QED) is 0.420. The van der Waals surface area contributed by atoms with E-state index >= 15 is 0 Å². The highest BCUT2D eigenvalue weighted by Gasteiger charge is 2.19. The van der Waals surface area contributed by atoms with Crippen LogP contribution in [0.15, 0.2) is 60.0 Å². The first-order valence-corrected chi connectivity index (χ1v) is 11.0. The van der Waals surface area contributed by atoms with E-state index in [0.29, 0.717) is 16.3 Å². The van der Waals surface area contributed by atoms with Gasteiger partial charge in [0.2, 0.25) is 5.13 Å². The maximum atomic E-state index is 12.5. The Bertz CT molecular complexity index is 1250. The molecule has 4 rings (SSSR count). The molecule has 2 N–H and O–H groups in total. The van der Waals surface area contributed by atoms with E-state index in [1.807, 2.05) is 0 Å². The number of rotatable bonds is 6. The average Bonchev–Trinajstić information content (AvgIpc) is 3.38. The van der Waals surface area contributed by atoms with Crippen LogP contribution >= 0.6 is 34.7 Å². The lowest BCUT2D eigenvalue weighted by Crippen LogP contribution is -2.12. The number of H-pyrrole nitrogens is 1. The Hall–Kier alpha value is -2.66. The minimum atomic E-state index is -3.86. The average molecular weight is 468 g/mol. The molecule has 0 atom stereocenters. The first-order valence-electron chi connectivity index (χ1n) is 7.98. The third-order valence-electron chi connectivity index (χ3n) is 3.77. The van der Waals surface area contributed by atoms with Crippen LogP contribution in [0, 0.1) is 0 Å². The predicted octanol–water partition coefficient (Wildman–Crippen LogP) is 4.83. The summed E-state index contributed by atoms with van der Waals surface area (Å²) in [5, 5.41) is 7.48. The molecule has 2 aromatic heterocycles. The standard InChI is InChI=1S/C17H11Cl2N5O3S2/c18-11-1-3-15(13(5-11)10-7-21-22-8-10)27-16-4-2-12(6-14(16)19)29(25,26)24-17-20-9-23-28-17/h1-9H,(H,21,22)(H,20,23,24). The predicted molar refractivity (Wildman–Crippen MR) is 111 cm³/mol. The number of aromatic nitrogens is 4. The summed E-state index contributed by atoms with van der Waals surface area (Å²) in [6.45, 7) is 0. The SMILES string of the molecule is O=S(=O)(Nc1ncns1)c1ccc(Oc2ccc(Cl)cc2-c2cn[nH]c2)c(Cl)c1. The van der Waals surface area contributed by atoms with Crippen LogP contribution in [0.1, 0.15) is 0 Å². The Balaban J connectivity index is 1.63. The van der Waals surface area contributed by atoms with Crippen LogP contribution in [0.25, 0.3) is 11.1 Å². The van der Waals surface area contributed by atoms with Crippen molar-refractivity contribution in [1.29, 1.82) is 0 Å². The van der Waals surface area contributed by atoms with Gasteiger partial charge in [-0.05, 0) is 36.4 Å². The molecule has 0 saturated heterocycles. The minimum absolute atomic E-state index is 0.0313. The molecule has 0 bridgehead atoms. The molecular formula is C17H11Cl2N5O3S2. The number of sulfonamides is 1. The Morgan fingerprint density at radius 2 is 1.93 bits per heavy atom. The van der Waals surface area contributed by atoms with Gasteiger partial charge >= 0.3 is 0 Å². The van der Waals surface area contributed by atoms with E-state index in [1.54, 1.807) is 30.6 Å². The molecule has 8 nitrogen and oxygen atoms in total.